The van der Waals surface area contributed by atoms with E-state index in [0.717, 1.165) is 24.3 Å². The second-order valence-electron chi connectivity index (χ2n) is 4.88. The van der Waals surface area contributed by atoms with Crippen molar-refractivity contribution in [2.24, 2.45) is 0 Å². The predicted octanol–water partition coefficient (Wildman–Crippen LogP) is 3.63. The third-order valence-corrected chi connectivity index (χ3v) is 5.11. The van der Waals surface area contributed by atoms with Crippen LogP contribution in [0.5, 0.6) is 0 Å². The quantitative estimate of drug-likeness (QED) is 0.844. The van der Waals surface area contributed by atoms with Crippen molar-refractivity contribution in [3.8, 4) is 0 Å². The van der Waals surface area contributed by atoms with E-state index in [0.29, 0.717) is 13.1 Å². The minimum Gasteiger partial charge on any atom is -0.376 e. The van der Waals surface area contributed by atoms with Gasteiger partial charge in [-0.15, -0.1) is 22.7 Å². The van der Waals surface area contributed by atoms with E-state index in [9.17, 15) is 4.79 Å². The summed E-state index contributed by atoms with van der Waals surface area (Å²) in [5.41, 5.74) is 0. The minimum absolute atomic E-state index is 0.115. The number of nitrogens with zero attached hydrogens (tertiary/aromatic N) is 1. The Hall–Kier alpha value is -1.17. The van der Waals surface area contributed by atoms with E-state index in [1.54, 1.807) is 11.3 Å². The van der Waals surface area contributed by atoms with Crippen LogP contribution in [-0.4, -0.2) is 30.1 Å². The molecule has 1 aliphatic heterocycles. The molecule has 1 saturated heterocycles. The predicted molar refractivity (Wildman–Crippen MR) is 82.4 cm³/mol. The van der Waals surface area contributed by atoms with Crippen LogP contribution < -0.4 is 0 Å². The lowest BCUT2D eigenvalue weighted by Gasteiger charge is -2.24. The van der Waals surface area contributed by atoms with Gasteiger partial charge in [0.15, 0.2) is 0 Å². The molecule has 20 heavy (non-hydrogen) atoms. The molecule has 0 spiro atoms. The summed E-state index contributed by atoms with van der Waals surface area (Å²) in [6.45, 7) is 2.19. The average Bonchev–Trinajstić information content (AvgIpc) is 3.20. The standard InChI is InChI=1S/C15H17NO2S2/c17-15(14-6-3-9-20-14)16(10-12-4-1-7-18-12)11-13-5-2-8-19-13/h2-3,5-6,8-9,12H,1,4,7,10-11H2/t12-/m1/s1. The Kier molecular flexibility index (Phi) is 4.50. The molecule has 0 N–H and O–H groups in total. The van der Waals surface area contributed by atoms with Crippen LogP contribution in [0.15, 0.2) is 35.0 Å². The van der Waals surface area contributed by atoms with Crippen LogP contribution in [0.4, 0.5) is 0 Å². The summed E-state index contributed by atoms with van der Waals surface area (Å²) in [4.78, 5) is 16.6. The highest BCUT2D eigenvalue weighted by Crippen LogP contribution is 2.20. The number of hydrogen-bond donors (Lipinski definition) is 0. The number of ether oxygens (including phenoxy) is 1. The molecule has 0 aromatic carbocycles. The van der Waals surface area contributed by atoms with Gasteiger partial charge < -0.3 is 9.64 Å². The van der Waals surface area contributed by atoms with Crippen LogP contribution in [0.3, 0.4) is 0 Å². The van der Waals surface area contributed by atoms with Gasteiger partial charge in [-0.05, 0) is 35.7 Å². The summed E-state index contributed by atoms with van der Waals surface area (Å²) >= 11 is 3.19. The van der Waals surface area contributed by atoms with Gasteiger partial charge in [0.2, 0.25) is 0 Å². The van der Waals surface area contributed by atoms with Crippen molar-refractivity contribution in [1.82, 2.24) is 4.90 Å². The van der Waals surface area contributed by atoms with Gasteiger partial charge in [-0.25, -0.2) is 0 Å². The van der Waals surface area contributed by atoms with Crippen LogP contribution in [0.2, 0.25) is 0 Å². The molecule has 3 heterocycles. The highest BCUT2D eigenvalue weighted by atomic mass is 32.1. The van der Waals surface area contributed by atoms with Gasteiger partial charge in [0.05, 0.1) is 17.5 Å². The smallest absolute Gasteiger partial charge is 0.264 e. The van der Waals surface area contributed by atoms with Gasteiger partial charge in [-0.3, -0.25) is 4.79 Å². The molecule has 0 unspecified atom stereocenters. The normalized spacial score (nSPS) is 18.3. The van der Waals surface area contributed by atoms with E-state index in [1.165, 1.54) is 16.2 Å². The lowest BCUT2D eigenvalue weighted by molar-refractivity contribution is 0.0513. The average molecular weight is 307 g/mol. The van der Waals surface area contributed by atoms with Crippen molar-refractivity contribution in [1.29, 1.82) is 0 Å². The molecular weight excluding hydrogens is 290 g/mol. The number of rotatable bonds is 5. The minimum atomic E-state index is 0.115. The Morgan fingerprint density at radius 3 is 2.80 bits per heavy atom. The van der Waals surface area contributed by atoms with E-state index in [-0.39, 0.29) is 12.0 Å². The van der Waals surface area contributed by atoms with Crippen LogP contribution in [-0.2, 0) is 11.3 Å². The molecule has 1 atom stereocenters. The fraction of sp³-hybridized carbons (Fsp3) is 0.400. The summed E-state index contributed by atoms with van der Waals surface area (Å²) in [7, 11) is 0. The zero-order chi connectivity index (χ0) is 13.8. The molecule has 0 saturated carbocycles. The monoisotopic (exact) mass is 307 g/mol. The fourth-order valence-corrected chi connectivity index (χ4v) is 3.81. The maximum atomic E-state index is 12.6. The Balaban J connectivity index is 1.73. The number of thiophene rings is 2. The second-order valence-corrected chi connectivity index (χ2v) is 6.86. The van der Waals surface area contributed by atoms with Gasteiger partial charge in [0.1, 0.15) is 0 Å². The van der Waals surface area contributed by atoms with Crippen molar-refractivity contribution >= 4 is 28.6 Å². The molecule has 106 valence electrons. The number of carbonyl (C=O) groups is 1. The molecule has 0 radical (unpaired) electrons. The molecule has 0 aliphatic carbocycles. The molecule has 1 fully saturated rings. The van der Waals surface area contributed by atoms with Crippen LogP contribution in [0.25, 0.3) is 0 Å². The summed E-state index contributed by atoms with van der Waals surface area (Å²) in [5.74, 6) is 0.115. The topological polar surface area (TPSA) is 29.5 Å². The molecule has 2 aromatic heterocycles. The maximum absolute atomic E-state index is 12.6. The first kappa shape index (κ1) is 13.8. The summed E-state index contributed by atoms with van der Waals surface area (Å²) in [6.07, 6.45) is 2.35. The van der Waals surface area contributed by atoms with Crippen LogP contribution in [0.1, 0.15) is 27.4 Å². The van der Waals surface area contributed by atoms with Crippen molar-refractivity contribution < 1.29 is 9.53 Å². The molecule has 1 aliphatic rings. The van der Waals surface area contributed by atoms with Crippen molar-refractivity contribution in [2.45, 2.75) is 25.5 Å². The lowest BCUT2D eigenvalue weighted by Crippen LogP contribution is -2.36. The summed E-state index contributed by atoms with van der Waals surface area (Å²) in [5, 5.41) is 4.00. The zero-order valence-electron chi connectivity index (χ0n) is 11.2. The Morgan fingerprint density at radius 2 is 2.15 bits per heavy atom. The van der Waals surface area contributed by atoms with E-state index >= 15 is 0 Å². The first-order chi connectivity index (χ1) is 9.83. The van der Waals surface area contributed by atoms with E-state index in [2.05, 4.69) is 11.4 Å². The molecule has 3 rings (SSSR count). The Morgan fingerprint density at radius 1 is 1.30 bits per heavy atom. The molecular formula is C15H17NO2S2. The second kappa shape index (κ2) is 6.52. The first-order valence-corrected chi connectivity index (χ1v) is 8.55. The zero-order valence-corrected chi connectivity index (χ0v) is 12.8. The molecule has 0 bridgehead atoms. The number of hydrogen-bond acceptors (Lipinski definition) is 4. The fourth-order valence-electron chi connectivity index (χ4n) is 2.40. The van der Waals surface area contributed by atoms with Gasteiger partial charge in [0, 0.05) is 18.0 Å². The molecule has 5 heteroatoms. The Labute approximate surface area is 126 Å². The number of carbonyl (C=O) groups excluding carboxylic acids is 1. The number of amides is 1. The van der Waals surface area contributed by atoms with Crippen LogP contribution >= 0.6 is 22.7 Å². The molecule has 1 amide bonds. The van der Waals surface area contributed by atoms with Gasteiger partial charge in [-0.1, -0.05) is 12.1 Å². The summed E-state index contributed by atoms with van der Waals surface area (Å²) in [6, 6.07) is 7.92. The van der Waals surface area contributed by atoms with E-state index in [4.69, 9.17) is 4.74 Å². The largest absolute Gasteiger partial charge is 0.376 e. The maximum Gasteiger partial charge on any atom is 0.264 e. The highest BCUT2D eigenvalue weighted by Gasteiger charge is 2.24. The molecule has 2 aromatic rings. The van der Waals surface area contributed by atoms with Gasteiger partial charge in [0.25, 0.3) is 5.91 Å². The Bertz CT molecular complexity index is 530. The molecule has 3 nitrogen and oxygen atoms in total. The van der Waals surface area contributed by atoms with E-state index < -0.39 is 0 Å². The third-order valence-electron chi connectivity index (χ3n) is 3.39. The lowest BCUT2D eigenvalue weighted by atomic mass is 10.2. The van der Waals surface area contributed by atoms with Crippen LogP contribution in [0, 0.1) is 0 Å². The first-order valence-electron chi connectivity index (χ1n) is 6.79. The van der Waals surface area contributed by atoms with Gasteiger partial charge >= 0.3 is 0 Å². The van der Waals surface area contributed by atoms with Gasteiger partial charge in [-0.2, -0.15) is 0 Å². The van der Waals surface area contributed by atoms with Crippen molar-refractivity contribution in [3.63, 3.8) is 0 Å². The highest BCUT2D eigenvalue weighted by molar-refractivity contribution is 7.12. The van der Waals surface area contributed by atoms with E-state index in [1.807, 2.05) is 28.5 Å². The SMILES string of the molecule is O=C(c1cccs1)N(Cc1cccs1)C[C@H]1CCCO1. The van der Waals surface area contributed by atoms with Crippen molar-refractivity contribution in [2.75, 3.05) is 13.2 Å². The third kappa shape index (κ3) is 3.29. The summed E-state index contributed by atoms with van der Waals surface area (Å²) < 4.78 is 5.68. The van der Waals surface area contributed by atoms with Crippen molar-refractivity contribution in [3.05, 3.63) is 44.8 Å².